The van der Waals surface area contributed by atoms with Gasteiger partial charge in [0.25, 0.3) is 0 Å². The van der Waals surface area contributed by atoms with Crippen LogP contribution in [0.25, 0.3) is 0 Å². The van der Waals surface area contributed by atoms with E-state index < -0.39 is 0 Å². The molecule has 0 aromatic carbocycles. The molecule has 0 aliphatic carbocycles. The Balaban J connectivity index is 2.84. The molecule has 2 N–H and O–H groups in total. The molecule has 0 fully saturated rings. The van der Waals surface area contributed by atoms with Gasteiger partial charge in [-0.25, -0.2) is 0 Å². The molecule has 0 saturated heterocycles. The SMILES string of the molecule is CCCCCCNCCCC(C)O. The molecule has 1 atom stereocenters. The molecule has 0 saturated carbocycles. The van der Waals surface area contributed by atoms with Crippen molar-refractivity contribution in [2.75, 3.05) is 13.1 Å². The van der Waals surface area contributed by atoms with Crippen molar-refractivity contribution in [3.63, 3.8) is 0 Å². The zero-order valence-corrected chi connectivity index (χ0v) is 9.18. The zero-order valence-electron chi connectivity index (χ0n) is 9.18. The molecule has 0 aliphatic rings. The van der Waals surface area contributed by atoms with Crippen molar-refractivity contribution in [3.8, 4) is 0 Å². The van der Waals surface area contributed by atoms with Crippen LogP contribution in [0.15, 0.2) is 0 Å². The van der Waals surface area contributed by atoms with Crippen LogP contribution in [0.1, 0.15) is 52.4 Å². The first-order valence-corrected chi connectivity index (χ1v) is 5.66. The minimum absolute atomic E-state index is 0.137. The number of aliphatic hydroxyl groups is 1. The van der Waals surface area contributed by atoms with Crippen LogP contribution in [0.5, 0.6) is 0 Å². The van der Waals surface area contributed by atoms with Gasteiger partial charge in [0.15, 0.2) is 0 Å². The molecule has 0 heterocycles. The van der Waals surface area contributed by atoms with Crippen LogP contribution >= 0.6 is 0 Å². The van der Waals surface area contributed by atoms with E-state index >= 15 is 0 Å². The lowest BCUT2D eigenvalue weighted by atomic mass is 10.2. The van der Waals surface area contributed by atoms with Gasteiger partial charge in [-0.3, -0.25) is 0 Å². The van der Waals surface area contributed by atoms with Gasteiger partial charge >= 0.3 is 0 Å². The highest BCUT2D eigenvalue weighted by molar-refractivity contribution is 4.52. The summed E-state index contributed by atoms with van der Waals surface area (Å²) in [6.45, 7) is 6.27. The summed E-state index contributed by atoms with van der Waals surface area (Å²) in [5.74, 6) is 0. The predicted molar refractivity (Wildman–Crippen MR) is 57.9 cm³/mol. The maximum Gasteiger partial charge on any atom is 0.0512 e. The van der Waals surface area contributed by atoms with E-state index in [4.69, 9.17) is 5.11 Å². The summed E-state index contributed by atoms with van der Waals surface area (Å²) in [6.07, 6.45) is 7.18. The van der Waals surface area contributed by atoms with Gasteiger partial charge in [0, 0.05) is 0 Å². The molecule has 0 bridgehead atoms. The third-order valence-electron chi connectivity index (χ3n) is 2.18. The quantitative estimate of drug-likeness (QED) is 0.543. The van der Waals surface area contributed by atoms with Gasteiger partial charge in [0.2, 0.25) is 0 Å². The number of nitrogens with one attached hydrogen (secondary N) is 1. The topological polar surface area (TPSA) is 32.3 Å². The summed E-state index contributed by atoms with van der Waals surface area (Å²) in [5, 5.41) is 12.4. The lowest BCUT2D eigenvalue weighted by Gasteiger charge is -2.05. The van der Waals surface area contributed by atoms with Gasteiger partial charge in [0.05, 0.1) is 6.10 Å². The van der Waals surface area contributed by atoms with Crippen LogP contribution in [0.4, 0.5) is 0 Å². The summed E-state index contributed by atoms with van der Waals surface area (Å²) in [5.41, 5.74) is 0. The number of unbranched alkanes of at least 4 members (excludes halogenated alkanes) is 3. The highest BCUT2D eigenvalue weighted by Gasteiger charge is 1.94. The lowest BCUT2D eigenvalue weighted by Crippen LogP contribution is -2.17. The van der Waals surface area contributed by atoms with Gasteiger partial charge in [-0.2, -0.15) is 0 Å². The summed E-state index contributed by atoms with van der Waals surface area (Å²) in [7, 11) is 0. The molecule has 0 aliphatic heterocycles. The normalized spacial score (nSPS) is 13.2. The average Bonchev–Trinajstić information content (AvgIpc) is 2.09. The van der Waals surface area contributed by atoms with Crippen molar-refractivity contribution in [2.45, 2.75) is 58.5 Å². The Morgan fingerprint density at radius 2 is 1.77 bits per heavy atom. The number of aliphatic hydroxyl groups excluding tert-OH is 1. The maximum absolute atomic E-state index is 9.00. The first-order valence-electron chi connectivity index (χ1n) is 5.66. The number of rotatable bonds is 9. The molecule has 0 radical (unpaired) electrons. The predicted octanol–water partition coefficient (Wildman–Crippen LogP) is 2.32. The fourth-order valence-corrected chi connectivity index (χ4v) is 1.32. The van der Waals surface area contributed by atoms with Crippen LogP contribution < -0.4 is 5.32 Å². The second-order valence-electron chi connectivity index (χ2n) is 3.80. The van der Waals surface area contributed by atoms with E-state index in [0.29, 0.717) is 0 Å². The van der Waals surface area contributed by atoms with Crippen LogP contribution in [0.2, 0.25) is 0 Å². The molecule has 0 aromatic rings. The fraction of sp³-hybridized carbons (Fsp3) is 1.00. The second kappa shape index (κ2) is 10.0. The third kappa shape index (κ3) is 11.9. The average molecular weight is 187 g/mol. The van der Waals surface area contributed by atoms with E-state index in [2.05, 4.69) is 12.2 Å². The maximum atomic E-state index is 9.00. The van der Waals surface area contributed by atoms with Crippen molar-refractivity contribution >= 4 is 0 Å². The monoisotopic (exact) mass is 187 g/mol. The van der Waals surface area contributed by atoms with Crippen molar-refractivity contribution < 1.29 is 5.11 Å². The van der Waals surface area contributed by atoms with Crippen molar-refractivity contribution in [1.82, 2.24) is 5.32 Å². The minimum Gasteiger partial charge on any atom is -0.393 e. The highest BCUT2D eigenvalue weighted by atomic mass is 16.3. The Morgan fingerprint density at radius 1 is 1.08 bits per heavy atom. The number of hydrogen-bond acceptors (Lipinski definition) is 2. The second-order valence-corrected chi connectivity index (χ2v) is 3.80. The van der Waals surface area contributed by atoms with Gasteiger partial charge < -0.3 is 10.4 Å². The van der Waals surface area contributed by atoms with E-state index in [1.807, 2.05) is 6.92 Å². The Bertz CT molecular complexity index is 94.1. The van der Waals surface area contributed by atoms with Gasteiger partial charge in [0.1, 0.15) is 0 Å². The molecule has 0 amide bonds. The Hall–Kier alpha value is -0.0800. The fourth-order valence-electron chi connectivity index (χ4n) is 1.32. The van der Waals surface area contributed by atoms with Crippen LogP contribution in [0, 0.1) is 0 Å². The highest BCUT2D eigenvalue weighted by Crippen LogP contribution is 1.97. The molecule has 13 heavy (non-hydrogen) atoms. The van der Waals surface area contributed by atoms with Crippen molar-refractivity contribution in [2.24, 2.45) is 0 Å². The molecular weight excluding hydrogens is 162 g/mol. The van der Waals surface area contributed by atoms with E-state index in [9.17, 15) is 0 Å². The first kappa shape index (κ1) is 12.9. The van der Waals surface area contributed by atoms with Gasteiger partial charge in [-0.1, -0.05) is 26.2 Å². The Morgan fingerprint density at radius 3 is 2.38 bits per heavy atom. The smallest absolute Gasteiger partial charge is 0.0512 e. The molecule has 1 unspecified atom stereocenters. The zero-order chi connectivity index (χ0) is 9.94. The third-order valence-corrected chi connectivity index (χ3v) is 2.18. The van der Waals surface area contributed by atoms with Crippen molar-refractivity contribution in [3.05, 3.63) is 0 Å². The standard InChI is InChI=1S/C11H25NO/c1-3-4-5-6-9-12-10-7-8-11(2)13/h11-13H,3-10H2,1-2H3. The van der Waals surface area contributed by atoms with E-state index in [-0.39, 0.29) is 6.10 Å². The van der Waals surface area contributed by atoms with E-state index in [0.717, 1.165) is 25.9 Å². The van der Waals surface area contributed by atoms with E-state index in [1.54, 1.807) is 0 Å². The lowest BCUT2D eigenvalue weighted by molar-refractivity contribution is 0.181. The molecule has 0 rings (SSSR count). The summed E-state index contributed by atoms with van der Waals surface area (Å²) in [4.78, 5) is 0. The summed E-state index contributed by atoms with van der Waals surface area (Å²) >= 11 is 0. The van der Waals surface area contributed by atoms with E-state index in [1.165, 1.54) is 25.7 Å². The molecular formula is C11H25NO. The Labute approximate surface area is 82.7 Å². The molecule has 80 valence electrons. The van der Waals surface area contributed by atoms with Crippen LogP contribution in [-0.4, -0.2) is 24.3 Å². The van der Waals surface area contributed by atoms with Crippen LogP contribution in [0.3, 0.4) is 0 Å². The number of hydrogen-bond donors (Lipinski definition) is 2. The summed E-state index contributed by atoms with van der Waals surface area (Å²) in [6, 6.07) is 0. The molecule has 0 spiro atoms. The molecule has 0 aromatic heterocycles. The largest absolute Gasteiger partial charge is 0.393 e. The minimum atomic E-state index is -0.137. The first-order chi connectivity index (χ1) is 6.27. The molecule has 2 heteroatoms. The van der Waals surface area contributed by atoms with Crippen LogP contribution in [-0.2, 0) is 0 Å². The van der Waals surface area contributed by atoms with Gasteiger partial charge in [-0.05, 0) is 39.3 Å². The summed E-state index contributed by atoms with van der Waals surface area (Å²) < 4.78 is 0. The Kier molecular flexibility index (Phi) is 9.94. The van der Waals surface area contributed by atoms with Crippen molar-refractivity contribution in [1.29, 1.82) is 0 Å². The van der Waals surface area contributed by atoms with Gasteiger partial charge in [-0.15, -0.1) is 0 Å². The molecule has 2 nitrogen and oxygen atoms in total.